The summed E-state index contributed by atoms with van der Waals surface area (Å²) >= 11 is 6.28. The third-order valence-corrected chi connectivity index (χ3v) is 5.30. The Morgan fingerprint density at radius 1 is 1.32 bits per heavy atom. The monoisotopic (exact) mass is 386 g/mol. The van der Waals surface area contributed by atoms with Crippen molar-refractivity contribution in [1.29, 1.82) is 0 Å². The van der Waals surface area contributed by atoms with Gasteiger partial charge in [0.25, 0.3) is 5.56 Å². The van der Waals surface area contributed by atoms with Gasteiger partial charge in [-0.25, -0.2) is 8.42 Å². The molecule has 0 amide bonds. The summed E-state index contributed by atoms with van der Waals surface area (Å²) in [6.45, 7) is 3.53. The van der Waals surface area contributed by atoms with Gasteiger partial charge in [-0.2, -0.15) is 0 Å². The number of ether oxygens (including phenoxy) is 1. The molecule has 0 spiro atoms. The second-order valence-corrected chi connectivity index (χ2v) is 8.26. The van der Waals surface area contributed by atoms with Crippen LogP contribution in [0.3, 0.4) is 0 Å². The maximum atomic E-state index is 12.7. The van der Waals surface area contributed by atoms with E-state index in [0.29, 0.717) is 0 Å². The normalized spacial score (nSPS) is 11.9. The summed E-state index contributed by atoms with van der Waals surface area (Å²) < 4.78 is 30.1. The van der Waals surface area contributed by atoms with E-state index in [1.165, 1.54) is 30.1 Å². The Morgan fingerprint density at radius 3 is 2.44 bits per heavy atom. The van der Waals surface area contributed by atoms with E-state index in [-0.39, 0.29) is 39.3 Å². The fraction of sp³-hybridized carbons (Fsp3) is 0.375. The fourth-order valence-electron chi connectivity index (χ4n) is 2.48. The Balaban J connectivity index is 2.62. The number of sulfone groups is 1. The summed E-state index contributed by atoms with van der Waals surface area (Å²) in [6, 6.07) is 2.48. The zero-order valence-electron chi connectivity index (χ0n) is 14.3. The van der Waals surface area contributed by atoms with Crippen LogP contribution in [-0.4, -0.2) is 37.3 Å². The molecule has 9 heteroatoms. The molecule has 0 radical (unpaired) electrons. The Bertz CT molecular complexity index is 973. The average molecular weight is 387 g/mol. The first-order valence-corrected chi connectivity index (χ1v) is 9.71. The summed E-state index contributed by atoms with van der Waals surface area (Å²) in [6.07, 6.45) is 2.37. The molecule has 0 saturated carbocycles. The molecule has 0 aliphatic heterocycles. The van der Waals surface area contributed by atoms with Gasteiger partial charge >= 0.3 is 0 Å². The Morgan fingerprint density at radius 2 is 1.96 bits per heavy atom. The van der Waals surface area contributed by atoms with Gasteiger partial charge in [0, 0.05) is 36.7 Å². The number of H-pyrrole nitrogens is 1. The fourth-order valence-corrected chi connectivity index (χ4v) is 3.77. The first kappa shape index (κ1) is 19.4. The van der Waals surface area contributed by atoms with Crippen molar-refractivity contribution in [3.63, 3.8) is 0 Å². The first-order valence-electron chi connectivity index (χ1n) is 7.44. The summed E-state index contributed by atoms with van der Waals surface area (Å²) in [7, 11) is -2.16. The quantitative estimate of drug-likeness (QED) is 0.767. The highest BCUT2D eigenvalue weighted by Gasteiger charge is 2.24. The number of rotatable bonds is 6. The zero-order chi connectivity index (χ0) is 18.9. The number of nitrogens with one attached hydrogen (secondary N) is 1. The number of hydrogen-bond donors (Lipinski definition) is 1. The molecule has 1 N–H and O–H groups in total. The number of halogens is 1. The molecule has 136 valence electrons. The number of nitrogens with zero attached hydrogens (tertiary/aromatic N) is 1. The van der Waals surface area contributed by atoms with Crippen LogP contribution in [0.4, 0.5) is 0 Å². The van der Waals surface area contributed by atoms with Crippen LogP contribution in [0.5, 0.6) is 0 Å². The Kier molecular flexibility index (Phi) is 5.55. The van der Waals surface area contributed by atoms with Gasteiger partial charge in [0.2, 0.25) is 5.78 Å². The number of hydrogen-bond acceptors (Lipinski definition) is 5. The van der Waals surface area contributed by atoms with E-state index in [4.69, 9.17) is 16.3 Å². The van der Waals surface area contributed by atoms with Crippen molar-refractivity contribution >= 4 is 27.2 Å². The highest BCUT2D eigenvalue weighted by atomic mass is 35.5. The van der Waals surface area contributed by atoms with Crippen LogP contribution >= 0.6 is 11.6 Å². The van der Waals surface area contributed by atoms with E-state index in [0.717, 1.165) is 6.26 Å². The number of aromatic nitrogens is 2. The molecule has 0 atom stereocenters. The zero-order valence-corrected chi connectivity index (χ0v) is 15.9. The highest BCUT2D eigenvalue weighted by molar-refractivity contribution is 7.90. The van der Waals surface area contributed by atoms with Crippen LogP contribution in [-0.2, 0) is 21.2 Å². The van der Waals surface area contributed by atoms with Gasteiger partial charge in [0.1, 0.15) is 5.56 Å². The number of carbonyl (C=O) groups is 1. The lowest BCUT2D eigenvalue weighted by atomic mass is 10.0. The Labute approximate surface area is 150 Å². The van der Waals surface area contributed by atoms with Gasteiger partial charge in [0.15, 0.2) is 9.84 Å². The van der Waals surface area contributed by atoms with E-state index >= 15 is 0 Å². The van der Waals surface area contributed by atoms with Crippen molar-refractivity contribution in [1.82, 2.24) is 9.78 Å². The maximum absolute atomic E-state index is 12.7. The van der Waals surface area contributed by atoms with Crippen molar-refractivity contribution in [3.05, 3.63) is 50.4 Å². The van der Waals surface area contributed by atoms with E-state index in [1.807, 2.05) is 0 Å². The van der Waals surface area contributed by atoms with Gasteiger partial charge in [0.05, 0.1) is 16.5 Å². The molecule has 1 aromatic heterocycles. The summed E-state index contributed by atoms with van der Waals surface area (Å²) in [4.78, 5) is 25.0. The summed E-state index contributed by atoms with van der Waals surface area (Å²) in [5, 5.41) is 2.70. The van der Waals surface area contributed by atoms with Gasteiger partial charge in [-0.3, -0.25) is 14.3 Å². The summed E-state index contributed by atoms with van der Waals surface area (Å²) in [5.74, 6) is -0.581. The molecule has 0 aliphatic rings. The molecule has 0 bridgehead atoms. The number of carbonyl (C=O) groups excluding carboxylic acids is 1. The van der Waals surface area contributed by atoms with Crippen molar-refractivity contribution in [2.24, 2.45) is 0 Å². The number of ketones is 1. The molecule has 0 unspecified atom stereocenters. The first-order chi connectivity index (χ1) is 11.6. The second kappa shape index (κ2) is 7.15. The van der Waals surface area contributed by atoms with Gasteiger partial charge < -0.3 is 9.84 Å². The minimum atomic E-state index is -3.55. The van der Waals surface area contributed by atoms with Gasteiger partial charge in [-0.1, -0.05) is 11.6 Å². The second-order valence-electron chi connectivity index (χ2n) is 5.89. The molecular weight excluding hydrogens is 368 g/mol. The highest BCUT2D eigenvalue weighted by Crippen LogP contribution is 2.29. The van der Waals surface area contributed by atoms with E-state index < -0.39 is 21.2 Å². The molecule has 2 aromatic rings. The van der Waals surface area contributed by atoms with E-state index in [1.54, 1.807) is 13.8 Å². The molecule has 1 aromatic carbocycles. The van der Waals surface area contributed by atoms with Crippen molar-refractivity contribution < 1.29 is 17.9 Å². The van der Waals surface area contributed by atoms with Crippen molar-refractivity contribution in [2.75, 3.05) is 13.4 Å². The minimum Gasteiger partial charge on any atom is -0.380 e. The topological polar surface area (TPSA) is 98.2 Å². The lowest BCUT2D eigenvalue weighted by Crippen LogP contribution is -2.23. The van der Waals surface area contributed by atoms with Gasteiger partial charge in [-0.15, -0.1) is 0 Å². The third kappa shape index (κ3) is 3.70. The predicted octanol–water partition coefficient (Wildman–Crippen LogP) is 2.19. The lowest BCUT2D eigenvalue weighted by Gasteiger charge is -2.12. The van der Waals surface area contributed by atoms with Crippen LogP contribution < -0.4 is 5.56 Å². The predicted molar refractivity (Wildman–Crippen MR) is 94.1 cm³/mol. The smallest absolute Gasteiger partial charge is 0.277 e. The van der Waals surface area contributed by atoms with Crippen molar-refractivity contribution in [3.8, 4) is 0 Å². The third-order valence-electron chi connectivity index (χ3n) is 3.69. The molecule has 7 nitrogen and oxygen atoms in total. The number of methoxy groups -OCH3 is 1. The average Bonchev–Trinajstić information content (AvgIpc) is 2.89. The molecule has 25 heavy (non-hydrogen) atoms. The lowest BCUT2D eigenvalue weighted by molar-refractivity contribution is 0.103. The molecule has 0 fully saturated rings. The van der Waals surface area contributed by atoms with Crippen LogP contribution in [0.1, 0.15) is 41.4 Å². The largest absolute Gasteiger partial charge is 0.380 e. The number of aromatic amines is 1. The molecule has 2 rings (SSSR count). The van der Waals surface area contributed by atoms with E-state index in [9.17, 15) is 18.0 Å². The van der Waals surface area contributed by atoms with Crippen molar-refractivity contribution in [2.45, 2.75) is 31.4 Å². The molecule has 0 aliphatic carbocycles. The number of benzene rings is 1. The van der Waals surface area contributed by atoms with E-state index in [2.05, 4.69) is 5.10 Å². The Hall–Kier alpha value is -1.90. The van der Waals surface area contributed by atoms with Crippen LogP contribution in [0.2, 0.25) is 5.02 Å². The molecule has 0 saturated heterocycles. The van der Waals surface area contributed by atoms with Crippen LogP contribution in [0.15, 0.2) is 28.0 Å². The maximum Gasteiger partial charge on any atom is 0.277 e. The van der Waals surface area contributed by atoms with Gasteiger partial charge in [-0.05, 0) is 26.0 Å². The van der Waals surface area contributed by atoms with Crippen LogP contribution in [0, 0.1) is 0 Å². The SMILES string of the molecule is COCc1c(S(C)(=O)=O)ccc(C(=O)c2c[nH]n(C(C)C)c2=O)c1Cl. The minimum absolute atomic E-state index is 0.00967. The molecular formula is C16H19ClN2O5S. The standard InChI is InChI=1S/C16H19ClN2O5S/c1-9(2)19-16(21)11(7-18-19)15(20)10-5-6-13(25(4,22)23)12(8-24-3)14(10)17/h5-7,9,18H,8H2,1-4H3. The molecule has 1 heterocycles. The summed E-state index contributed by atoms with van der Waals surface area (Å²) in [5.41, 5.74) is -0.284. The van der Waals surface area contributed by atoms with Crippen LogP contribution in [0.25, 0.3) is 0 Å².